The molecule has 6 fully saturated rings. The Morgan fingerprint density at radius 1 is 0.812 bits per heavy atom. The molecule has 0 aromatic heterocycles. The number of rotatable bonds is 15. The van der Waals surface area contributed by atoms with Crippen LogP contribution >= 0.6 is 0 Å². The van der Waals surface area contributed by atoms with E-state index < -0.39 is 23.8 Å². The lowest BCUT2D eigenvalue weighted by atomic mass is 9.57. The molecule has 2 amide bonds. The van der Waals surface area contributed by atoms with Gasteiger partial charge >= 0.3 is 11.9 Å². The Morgan fingerprint density at radius 2 is 1.50 bits per heavy atom. The smallest absolute Gasteiger partial charge is 0.312 e. The molecule has 268 valence electrons. The van der Waals surface area contributed by atoms with Crippen molar-refractivity contribution in [3.05, 3.63) is 0 Å². The number of hydrogen-bond acceptors (Lipinski definition) is 9. The number of nitriles is 1. The van der Waals surface area contributed by atoms with Crippen molar-refractivity contribution in [3.8, 4) is 6.07 Å². The number of hydrogen-bond donors (Lipinski definition) is 2. The average molecular weight is 678 g/mol. The third-order valence-corrected chi connectivity index (χ3v) is 11.7. The fourth-order valence-electron chi connectivity index (χ4n) is 8.57. The number of likely N-dealkylation sites (tertiary alicyclic amines) is 2. The van der Waals surface area contributed by atoms with Crippen molar-refractivity contribution in [2.24, 2.45) is 5.41 Å². The van der Waals surface area contributed by atoms with Gasteiger partial charge in [0.1, 0.15) is 18.4 Å². The van der Waals surface area contributed by atoms with Crippen LogP contribution in [0.3, 0.4) is 0 Å². The first-order valence-corrected chi connectivity index (χ1v) is 18.1. The van der Waals surface area contributed by atoms with Gasteiger partial charge in [0.15, 0.2) is 0 Å². The first kappa shape index (κ1) is 36.4. The van der Waals surface area contributed by atoms with Crippen molar-refractivity contribution in [2.45, 2.75) is 139 Å². The van der Waals surface area contributed by atoms with E-state index in [2.05, 4.69) is 10.6 Å². The molecule has 2 heterocycles. The molecular weight excluding hydrogens is 624 g/mol. The molecule has 0 radical (unpaired) electrons. The number of carbonyl (C=O) groups is 4. The van der Waals surface area contributed by atoms with Crippen LogP contribution < -0.4 is 10.6 Å². The van der Waals surface area contributed by atoms with Crippen molar-refractivity contribution in [1.82, 2.24) is 20.4 Å². The predicted octanol–water partition coefficient (Wildman–Crippen LogP) is 3.64. The maximum Gasteiger partial charge on any atom is 0.312 e. The molecule has 2 saturated heterocycles. The highest BCUT2D eigenvalue weighted by Crippen LogP contribution is 2.53. The molecule has 48 heavy (non-hydrogen) atoms. The standard InChI is InChI=1S/C35H53F2N5O6/c36-26-7-17-41(24-26)29(43)22-39-35-14-11-33(12-15-35,13-16-35)32(46)48-19-5-18-47-31(45)6-4-10-34(8-2-1-3-9-34)40-23-30(44)42-25-27(37)20-28(42)21-38/h26-28,39-40H,1-20,22-25H2/t26-,27-,28-,33?,35?/m0/s1. The fourth-order valence-corrected chi connectivity index (χ4v) is 8.57. The zero-order valence-corrected chi connectivity index (χ0v) is 28.2. The minimum absolute atomic E-state index is 0.0373. The van der Waals surface area contributed by atoms with Gasteiger partial charge in [-0.2, -0.15) is 5.26 Å². The quantitative estimate of drug-likeness (QED) is 0.196. The van der Waals surface area contributed by atoms with Gasteiger partial charge in [0.25, 0.3) is 0 Å². The van der Waals surface area contributed by atoms with E-state index in [9.17, 15) is 33.2 Å². The summed E-state index contributed by atoms with van der Waals surface area (Å²) in [6.45, 7) is 1.23. The minimum atomic E-state index is -1.16. The molecule has 2 N–H and O–H groups in total. The molecule has 11 nitrogen and oxygen atoms in total. The predicted molar refractivity (Wildman–Crippen MR) is 172 cm³/mol. The molecule has 0 aromatic carbocycles. The molecule has 2 aliphatic heterocycles. The number of fused-ring (bicyclic) bond motifs is 3. The number of alkyl halides is 2. The van der Waals surface area contributed by atoms with Crippen LogP contribution in [0.25, 0.3) is 0 Å². The summed E-state index contributed by atoms with van der Waals surface area (Å²) in [7, 11) is 0. The Balaban J connectivity index is 0.944. The van der Waals surface area contributed by atoms with Gasteiger partial charge in [-0.15, -0.1) is 0 Å². The molecule has 4 aliphatic carbocycles. The Labute approximate surface area is 282 Å². The maximum absolute atomic E-state index is 13.8. The summed E-state index contributed by atoms with van der Waals surface area (Å²) in [6.07, 6.45) is 9.87. The van der Waals surface area contributed by atoms with Gasteiger partial charge in [-0.3, -0.25) is 19.2 Å². The number of nitrogens with zero attached hydrogens (tertiary/aromatic N) is 3. The van der Waals surface area contributed by atoms with Gasteiger partial charge in [0, 0.05) is 36.9 Å². The van der Waals surface area contributed by atoms with Gasteiger partial charge in [-0.05, 0) is 70.6 Å². The molecular formula is C35H53F2N5O6. The van der Waals surface area contributed by atoms with Crippen LogP contribution in [0.2, 0.25) is 0 Å². The first-order valence-electron chi connectivity index (χ1n) is 18.1. The van der Waals surface area contributed by atoms with E-state index in [4.69, 9.17) is 9.47 Å². The summed E-state index contributed by atoms with van der Waals surface area (Å²) < 4.78 is 38.3. The Morgan fingerprint density at radius 3 is 2.17 bits per heavy atom. The van der Waals surface area contributed by atoms with Gasteiger partial charge < -0.3 is 29.9 Å². The number of ether oxygens (including phenoxy) is 2. The lowest BCUT2D eigenvalue weighted by molar-refractivity contribution is -0.164. The summed E-state index contributed by atoms with van der Waals surface area (Å²) in [5.41, 5.74) is -0.908. The molecule has 6 rings (SSSR count). The normalized spacial score (nSPS) is 31.0. The monoisotopic (exact) mass is 677 g/mol. The van der Waals surface area contributed by atoms with Crippen molar-refractivity contribution in [2.75, 3.05) is 45.9 Å². The Hall–Kier alpha value is -2.85. The van der Waals surface area contributed by atoms with Gasteiger partial charge in [0.2, 0.25) is 11.8 Å². The zero-order valence-electron chi connectivity index (χ0n) is 28.2. The first-order chi connectivity index (χ1) is 23.1. The van der Waals surface area contributed by atoms with E-state index in [0.717, 1.165) is 51.4 Å². The lowest BCUT2D eigenvalue weighted by Crippen LogP contribution is -2.58. The molecule has 3 atom stereocenters. The van der Waals surface area contributed by atoms with E-state index in [-0.39, 0.29) is 87.1 Å². The SMILES string of the molecule is N#C[C@@H]1C[C@H](F)CN1C(=O)CNC1(CCCC(=O)OCCCOC(=O)C23CCC(NCC(=O)N4CC[C@H](F)C4)(CC2)CC3)CCCCC1. The molecule has 0 aromatic rings. The number of halogens is 2. The van der Waals surface area contributed by atoms with Crippen LogP contribution in [0.4, 0.5) is 8.78 Å². The number of esters is 2. The molecule has 4 saturated carbocycles. The zero-order chi connectivity index (χ0) is 34.2. The molecule has 2 bridgehead atoms. The minimum Gasteiger partial charge on any atom is -0.466 e. The number of amides is 2. The molecule has 0 unspecified atom stereocenters. The van der Waals surface area contributed by atoms with Crippen LogP contribution in [0, 0.1) is 16.7 Å². The Kier molecular flexibility index (Phi) is 12.3. The van der Waals surface area contributed by atoms with Crippen LogP contribution in [0.1, 0.15) is 109 Å². The fraction of sp³-hybridized carbons (Fsp3) is 0.857. The van der Waals surface area contributed by atoms with Gasteiger partial charge in [-0.1, -0.05) is 19.3 Å². The topological polar surface area (TPSA) is 141 Å². The second-order valence-corrected chi connectivity index (χ2v) is 14.9. The van der Waals surface area contributed by atoms with E-state index in [0.29, 0.717) is 51.5 Å². The van der Waals surface area contributed by atoms with Gasteiger partial charge in [0.05, 0.1) is 50.9 Å². The van der Waals surface area contributed by atoms with Crippen molar-refractivity contribution in [3.63, 3.8) is 0 Å². The van der Waals surface area contributed by atoms with Crippen LogP contribution in [-0.2, 0) is 28.7 Å². The average Bonchev–Trinajstić information content (AvgIpc) is 3.72. The number of nitrogens with one attached hydrogen (secondary N) is 2. The highest BCUT2D eigenvalue weighted by Gasteiger charge is 2.53. The van der Waals surface area contributed by atoms with Crippen LogP contribution in [0.15, 0.2) is 0 Å². The van der Waals surface area contributed by atoms with E-state index in [1.54, 1.807) is 4.90 Å². The lowest BCUT2D eigenvalue weighted by Gasteiger charge is -2.52. The van der Waals surface area contributed by atoms with E-state index in [1.165, 1.54) is 4.90 Å². The van der Waals surface area contributed by atoms with Crippen molar-refractivity contribution < 1.29 is 37.4 Å². The van der Waals surface area contributed by atoms with E-state index >= 15 is 0 Å². The molecule has 13 heteroatoms. The third-order valence-electron chi connectivity index (χ3n) is 11.7. The van der Waals surface area contributed by atoms with Crippen LogP contribution in [-0.4, -0.2) is 109 Å². The second kappa shape index (κ2) is 16.2. The Bertz CT molecular complexity index is 1180. The van der Waals surface area contributed by atoms with E-state index in [1.807, 2.05) is 6.07 Å². The highest BCUT2D eigenvalue weighted by molar-refractivity contribution is 5.80. The van der Waals surface area contributed by atoms with Gasteiger partial charge in [-0.25, -0.2) is 8.78 Å². The molecule has 6 aliphatic rings. The second-order valence-electron chi connectivity index (χ2n) is 14.9. The maximum atomic E-state index is 13.8. The summed E-state index contributed by atoms with van der Waals surface area (Å²) in [6, 6.07) is 1.31. The number of carbonyl (C=O) groups excluding carboxylic acids is 4. The van der Waals surface area contributed by atoms with Crippen LogP contribution in [0.5, 0.6) is 0 Å². The summed E-state index contributed by atoms with van der Waals surface area (Å²) in [4.78, 5) is 53.7. The molecule has 0 spiro atoms. The highest BCUT2D eigenvalue weighted by atomic mass is 19.1. The van der Waals surface area contributed by atoms with Crippen molar-refractivity contribution in [1.29, 1.82) is 5.26 Å². The third kappa shape index (κ3) is 9.03. The largest absolute Gasteiger partial charge is 0.466 e. The summed E-state index contributed by atoms with van der Waals surface area (Å²) >= 11 is 0. The summed E-state index contributed by atoms with van der Waals surface area (Å²) in [5, 5.41) is 16.2. The van der Waals surface area contributed by atoms with Crippen molar-refractivity contribution >= 4 is 23.8 Å². The summed E-state index contributed by atoms with van der Waals surface area (Å²) in [5.74, 6) is -0.816.